The van der Waals surface area contributed by atoms with E-state index in [0.29, 0.717) is 18.4 Å². The molecule has 10 heteroatoms. The predicted molar refractivity (Wildman–Crippen MR) is 80.2 cm³/mol. The van der Waals surface area contributed by atoms with Gasteiger partial charge in [0.05, 0.1) is 16.8 Å². The molecular weight excluding hydrogens is 371 g/mol. The molecule has 2 aromatic rings. The highest BCUT2D eigenvalue weighted by Crippen LogP contribution is 2.31. The first-order chi connectivity index (χ1) is 11.1. The predicted octanol–water partition coefficient (Wildman–Crippen LogP) is 3.24. The van der Waals surface area contributed by atoms with E-state index in [1.54, 1.807) is 0 Å². The highest BCUT2D eigenvalue weighted by molar-refractivity contribution is 7.89. The van der Waals surface area contributed by atoms with Gasteiger partial charge in [-0.3, -0.25) is 4.79 Å². The molecule has 128 valence electrons. The van der Waals surface area contributed by atoms with Gasteiger partial charge in [-0.1, -0.05) is 17.7 Å². The van der Waals surface area contributed by atoms with Gasteiger partial charge in [-0.2, -0.15) is 0 Å². The lowest BCUT2D eigenvalue weighted by atomic mass is 10.2. The Balaban J connectivity index is 2.36. The number of nitrogens with one attached hydrogen (secondary N) is 1. The van der Waals surface area contributed by atoms with Crippen molar-refractivity contribution in [1.29, 1.82) is 0 Å². The summed E-state index contributed by atoms with van der Waals surface area (Å²) < 4.78 is 69.9. The summed E-state index contributed by atoms with van der Waals surface area (Å²) in [5.41, 5.74) is -0.850. The van der Waals surface area contributed by atoms with Gasteiger partial charge >= 0.3 is 0 Å². The van der Waals surface area contributed by atoms with Crippen LogP contribution in [0.3, 0.4) is 0 Å². The normalized spacial score (nSPS) is 11.2. The molecule has 0 fully saturated rings. The summed E-state index contributed by atoms with van der Waals surface area (Å²) in [4.78, 5) is 11.6. The molecular formula is C14H9ClF3NO4S. The van der Waals surface area contributed by atoms with Crippen LogP contribution in [0.4, 0.5) is 13.2 Å². The van der Waals surface area contributed by atoms with Crippen LogP contribution in [0.2, 0.25) is 5.02 Å². The SMILES string of the molecule is CS(=O)(=O)NC(=O)c1cc(F)c(Oc2cccc(Cl)c2F)cc1F. The van der Waals surface area contributed by atoms with E-state index < -0.39 is 50.4 Å². The van der Waals surface area contributed by atoms with Gasteiger partial charge < -0.3 is 4.74 Å². The third kappa shape index (κ3) is 4.18. The zero-order chi connectivity index (χ0) is 18.1. The van der Waals surface area contributed by atoms with E-state index in [0.717, 1.165) is 6.07 Å². The maximum Gasteiger partial charge on any atom is 0.267 e. The molecule has 1 amide bonds. The fraction of sp³-hybridized carbons (Fsp3) is 0.0714. The van der Waals surface area contributed by atoms with Crippen molar-refractivity contribution in [3.05, 3.63) is 58.4 Å². The zero-order valence-corrected chi connectivity index (χ0v) is 13.5. The van der Waals surface area contributed by atoms with Gasteiger partial charge in [0.15, 0.2) is 23.1 Å². The van der Waals surface area contributed by atoms with Crippen molar-refractivity contribution in [3.63, 3.8) is 0 Å². The average molecular weight is 380 g/mol. The van der Waals surface area contributed by atoms with Crippen LogP contribution >= 0.6 is 11.6 Å². The lowest BCUT2D eigenvalue weighted by Crippen LogP contribution is -2.30. The molecule has 0 radical (unpaired) electrons. The molecule has 0 spiro atoms. The number of amides is 1. The molecule has 0 heterocycles. The van der Waals surface area contributed by atoms with Crippen molar-refractivity contribution in [2.75, 3.05) is 6.26 Å². The summed E-state index contributed by atoms with van der Waals surface area (Å²) >= 11 is 5.55. The van der Waals surface area contributed by atoms with Crippen LogP contribution in [0.1, 0.15) is 10.4 Å². The third-order valence-electron chi connectivity index (χ3n) is 2.68. The summed E-state index contributed by atoms with van der Waals surface area (Å²) in [5.74, 6) is -5.93. The smallest absolute Gasteiger partial charge is 0.267 e. The molecule has 2 aromatic carbocycles. The number of carbonyl (C=O) groups excluding carboxylic acids is 1. The maximum absolute atomic E-state index is 14.0. The van der Waals surface area contributed by atoms with E-state index in [1.807, 2.05) is 0 Å². The van der Waals surface area contributed by atoms with Crippen LogP contribution in [0.15, 0.2) is 30.3 Å². The fourth-order valence-electron chi connectivity index (χ4n) is 1.69. The molecule has 0 aliphatic heterocycles. The van der Waals surface area contributed by atoms with Gasteiger partial charge in [0.2, 0.25) is 10.0 Å². The van der Waals surface area contributed by atoms with E-state index in [2.05, 4.69) is 0 Å². The van der Waals surface area contributed by atoms with Gasteiger partial charge in [-0.25, -0.2) is 26.3 Å². The van der Waals surface area contributed by atoms with Crippen LogP contribution in [-0.4, -0.2) is 20.6 Å². The monoisotopic (exact) mass is 379 g/mol. The minimum Gasteiger partial charge on any atom is -0.451 e. The molecule has 0 bridgehead atoms. The molecule has 1 N–H and O–H groups in total. The highest BCUT2D eigenvalue weighted by Gasteiger charge is 2.20. The first kappa shape index (κ1) is 18.1. The lowest BCUT2D eigenvalue weighted by molar-refractivity contribution is 0.0977. The summed E-state index contributed by atoms with van der Waals surface area (Å²) in [5, 5.41) is -0.280. The van der Waals surface area contributed by atoms with E-state index in [4.69, 9.17) is 16.3 Å². The maximum atomic E-state index is 14.0. The number of benzene rings is 2. The van der Waals surface area contributed by atoms with Crippen molar-refractivity contribution >= 4 is 27.5 Å². The number of rotatable bonds is 4. The topological polar surface area (TPSA) is 72.5 Å². The summed E-state index contributed by atoms with van der Waals surface area (Å²) in [7, 11) is -3.95. The van der Waals surface area contributed by atoms with E-state index in [-0.39, 0.29) is 5.02 Å². The van der Waals surface area contributed by atoms with Crippen molar-refractivity contribution in [2.24, 2.45) is 0 Å². The van der Waals surface area contributed by atoms with Crippen LogP contribution < -0.4 is 9.46 Å². The summed E-state index contributed by atoms with van der Waals surface area (Å²) in [6.07, 6.45) is 0.679. The Kier molecular flexibility index (Phi) is 5.05. The van der Waals surface area contributed by atoms with Gasteiger partial charge in [0.1, 0.15) is 5.82 Å². The Morgan fingerprint density at radius 3 is 2.42 bits per heavy atom. The summed E-state index contributed by atoms with van der Waals surface area (Å²) in [6, 6.07) is 4.64. The zero-order valence-electron chi connectivity index (χ0n) is 11.9. The molecule has 5 nitrogen and oxygen atoms in total. The van der Waals surface area contributed by atoms with Gasteiger partial charge in [-0.15, -0.1) is 0 Å². The van der Waals surface area contributed by atoms with Crippen LogP contribution in [0, 0.1) is 17.5 Å². The lowest BCUT2D eigenvalue weighted by Gasteiger charge is -2.10. The molecule has 0 aliphatic carbocycles. The molecule has 0 saturated carbocycles. The molecule has 0 atom stereocenters. The molecule has 2 rings (SSSR count). The Morgan fingerprint density at radius 1 is 1.12 bits per heavy atom. The van der Waals surface area contributed by atoms with Crippen molar-refractivity contribution < 1.29 is 31.1 Å². The second-order valence-corrected chi connectivity index (χ2v) is 6.78. The molecule has 0 unspecified atom stereocenters. The van der Waals surface area contributed by atoms with E-state index in [1.165, 1.54) is 16.9 Å². The number of halogens is 4. The number of hydrogen-bond acceptors (Lipinski definition) is 4. The van der Waals surface area contributed by atoms with Crippen molar-refractivity contribution in [2.45, 2.75) is 0 Å². The Bertz CT molecular complexity index is 918. The minimum atomic E-state index is -3.95. The number of sulfonamides is 1. The first-order valence-electron chi connectivity index (χ1n) is 6.21. The average Bonchev–Trinajstić information content (AvgIpc) is 2.45. The number of carbonyl (C=O) groups is 1. The van der Waals surface area contributed by atoms with Crippen molar-refractivity contribution in [1.82, 2.24) is 4.72 Å². The highest BCUT2D eigenvalue weighted by atomic mass is 35.5. The second-order valence-electron chi connectivity index (χ2n) is 4.62. The molecule has 24 heavy (non-hydrogen) atoms. The number of hydrogen-bond donors (Lipinski definition) is 1. The van der Waals surface area contributed by atoms with Gasteiger partial charge in [0.25, 0.3) is 5.91 Å². The van der Waals surface area contributed by atoms with Crippen LogP contribution in [-0.2, 0) is 10.0 Å². The fourth-order valence-corrected chi connectivity index (χ4v) is 2.30. The van der Waals surface area contributed by atoms with Crippen molar-refractivity contribution in [3.8, 4) is 11.5 Å². The van der Waals surface area contributed by atoms with Crippen LogP contribution in [0.25, 0.3) is 0 Å². The van der Waals surface area contributed by atoms with Gasteiger partial charge in [-0.05, 0) is 18.2 Å². The molecule has 0 aliphatic rings. The molecule has 0 saturated heterocycles. The Morgan fingerprint density at radius 2 is 1.79 bits per heavy atom. The van der Waals surface area contributed by atoms with Crippen LogP contribution in [0.5, 0.6) is 11.5 Å². The third-order valence-corrected chi connectivity index (χ3v) is 3.53. The first-order valence-corrected chi connectivity index (χ1v) is 8.48. The van der Waals surface area contributed by atoms with Gasteiger partial charge in [0, 0.05) is 6.07 Å². The largest absolute Gasteiger partial charge is 0.451 e. The minimum absolute atomic E-state index is 0.280. The Hall–Kier alpha value is -2.26. The second kappa shape index (κ2) is 6.70. The standard InChI is InChI=1S/C14H9ClF3NO4S/c1-24(21,22)19-14(20)7-5-10(17)12(6-9(7)16)23-11-4-2-3-8(15)13(11)18/h2-6H,1H3,(H,19,20). The van der Waals surface area contributed by atoms with E-state index in [9.17, 15) is 26.4 Å². The number of ether oxygens (including phenoxy) is 1. The quantitative estimate of drug-likeness (QED) is 0.885. The molecule has 0 aromatic heterocycles. The Labute approximate surface area is 140 Å². The van der Waals surface area contributed by atoms with E-state index >= 15 is 0 Å². The summed E-state index contributed by atoms with van der Waals surface area (Å²) in [6.45, 7) is 0.